The molecular weight excluding hydrogens is 328 g/mol. The Morgan fingerprint density at radius 3 is 2.73 bits per heavy atom. The lowest BCUT2D eigenvalue weighted by Gasteiger charge is -2.29. The molecule has 0 radical (unpaired) electrons. The van der Waals surface area contributed by atoms with Crippen LogP contribution >= 0.6 is 0 Å². The summed E-state index contributed by atoms with van der Waals surface area (Å²) in [4.78, 5) is 12.5. The zero-order valence-electron chi connectivity index (χ0n) is 16.0. The van der Waals surface area contributed by atoms with Crippen molar-refractivity contribution in [3.8, 4) is 11.8 Å². The van der Waals surface area contributed by atoms with Crippen LogP contribution < -0.4 is 10.1 Å². The molecule has 0 aliphatic heterocycles. The molecule has 1 aromatic rings. The van der Waals surface area contributed by atoms with Gasteiger partial charge in [-0.3, -0.25) is 4.79 Å². The summed E-state index contributed by atoms with van der Waals surface area (Å²) in [6, 6.07) is 9.07. The molecule has 26 heavy (non-hydrogen) atoms. The Kier molecular flexibility index (Phi) is 7.93. The van der Waals surface area contributed by atoms with E-state index in [9.17, 15) is 10.1 Å². The van der Waals surface area contributed by atoms with Crippen LogP contribution in [0.25, 0.3) is 0 Å². The molecule has 3 atom stereocenters. The van der Waals surface area contributed by atoms with Gasteiger partial charge in [-0.1, -0.05) is 45.7 Å². The van der Waals surface area contributed by atoms with Gasteiger partial charge in [-0.2, -0.15) is 5.26 Å². The minimum Gasteiger partial charge on any atom is -0.479 e. The van der Waals surface area contributed by atoms with Crippen LogP contribution in [0.5, 0.6) is 5.75 Å². The first-order valence-corrected chi connectivity index (χ1v) is 9.58. The van der Waals surface area contributed by atoms with Crippen molar-refractivity contribution in [3.05, 3.63) is 29.8 Å². The molecule has 0 bridgehead atoms. The van der Waals surface area contributed by atoms with E-state index in [1.807, 2.05) is 13.8 Å². The van der Waals surface area contributed by atoms with Crippen LogP contribution in [0.4, 0.5) is 0 Å². The van der Waals surface area contributed by atoms with E-state index in [0.717, 1.165) is 6.42 Å². The van der Waals surface area contributed by atoms with Gasteiger partial charge < -0.3 is 14.8 Å². The van der Waals surface area contributed by atoms with Crippen LogP contribution in [0, 0.1) is 23.2 Å². The van der Waals surface area contributed by atoms with Crippen molar-refractivity contribution in [1.29, 1.82) is 5.26 Å². The second-order valence-corrected chi connectivity index (χ2v) is 7.35. The molecule has 0 heterocycles. The molecule has 142 valence electrons. The number of nitrogens with zero attached hydrogens (tertiary/aromatic N) is 1. The molecule has 3 unspecified atom stereocenters. The summed E-state index contributed by atoms with van der Waals surface area (Å²) in [5.74, 6) is 0.846. The zero-order valence-corrected chi connectivity index (χ0v) is 16.0. The van der Waals surface area contributed by atoms with E-state index in [2.05, 4.69) is 18.3 Å². The Morgan fingerprint density at radius 1 is 1.31 bits per heavy atom. The normalized spacial score (nSPS) is 21.0. The van der Waals surface area contributed by atoms with E-state index >= 15 is 0 Å². The Hall–Kier alpha value is -2.06. The van der Waals surface area contributed by atoms with Gasteiger partial charge in [0.2, 0.25) is 0 Å². The van der Waals surface area contributed by atoms with Crippen LogP contribution in [0.1, 0.15) is 52.0 Å². The number of hydrogen-bond donors (Lipinski definition) is 1. The molecule has 1 amide bonds. The van der Waals surface area contributed by atoms with E-state index < -0.39 is 6.10 Å². The molecule has 0 aromatic heterocycles. The average Bonchev–Trinajstić information content (AvgIpc) is 2.64. The monoisotopic (exact) mass is 358 g/mol. The summed E-state index contributed by atoms with van der Waals surface area (Å²) in [5, 5.41) is 12.1. The van der Waals surface area contributed by atoms with E-state index in [4.69, 9.17) is 9.47 Å². The third kappa shape index (κ3) is 5.74. The zero-order chi connectivity index (χ0) is 18.9. The van der Waals surface area contributed by atoms with Crippen LogP contribution in [0.2, 0.25) is 0 Å². The van der Waals surface area contributed by atoms with E-state index in [-0.39, 0.29) is 11.8 Å². The summed E-state index contributed by atoms with van der Waals surface area (Å²) >= 11 is 0. The molecule has 2 rings (SSSR count). The second-order valence-electron chi connectivity index (χ2n) is 7.35. The predicted octanol–water partition coefficient (Wildman–Crippen LogP) is 3.67. The Balaban J connectivity index is 1.83. The quantitative estimate of drug-likeness (QED) is 0.720. The maximum atomic E-state index is 12.5. The van der Waals surface area contributed by atoms with Gasteiger partial charge in [0.25, 0.3) is 5.91 Å². The number of rotatable bonds is 8. The molecule has 0 spiro atoms. The number of benzene rings is 1. The van der Waals surface area contributed by atoms with Crippen molar-refractivity contribution in [3.63, 3.8) is 0 Å². The molecule has 1 aliphatic rings. The molecule has 1 saturated carbocycles. The molecular formula is C21H30N2O3. The second kappa shape index (κ2) is 10.2. The highest BCUT2D eigenvalue weighted by molar-refractivity contribution is 5.81. The standard InChI is InChI=1S/C21H30N2O3/c1-15(2)20(26-19-11-7-5-9-17(19)14-22)21(24)23-12-13-25-18-10-6-4-8-16(18)3/h5,7,9,11,15-16,18,20H,4,6,8,10,12-13H2,1-3H3,(H,23,24). The molecule has 1 aliphatic carbocycles. The predicted molar refractivity (Wildman–Crippen MR) is 101 cm³/mol. The van der Waals surface area contributed by atoms with Crippen LogP contribution in [-0.2, 0) is 9.53 Å². The van der Waals surface area contributed by atoms with Gasteiger partial charge in [-0.05, 0) is 36.8 Å². The van der Waals surface area contributed by atoms with Crippen molar-refractivity contribution in [2.45, 2.75) is 58.7 Å². The lowest BCUT2D eigenvalue weighted by atomic mass is 9.88. The first-order valence-electron chi connectivity index (χ1n) is 9.58. The van der Waals surface area contributed by atoms with Crippen molar-refractivity contribution in [2.24, 2.45) is 11.8 Å². The number of ether oxygens (including phenoxy) is 2. The number of carbonyl (C=O) groups excluding carboxylic acids is 1. The fourth-order valence-corrected chi connectivity index (χ4v) is 3.31. The maximum absolute atomic E-state index is 12.5. The highest BCUT2D eigenvalue weighted by atomic mass is 16.5. The average molecular weight is 358 g/mol. The minimum atomic E-state index is -0.641. The number of hydrogen-bond acceptors (Lipinski definition) is 4. The molecule has 5 nitrogen and oxygen atoms in total. The van der Waals surface area contributed by atoms with Crippen molar-refractivity contribution in [1.82, 2.24) is 5.32 Å². The first-order chi connectivity index (χ1) is 12.5. The lowest BCUT2D eigenvalue weighted by molar-refractivity contribution is -0.130. The van der Waals surface area contributed by atoms with Crippen LogP contribution in [0.3, 0.4) is 0 Å². The van der Waals surface area contributed by atoms with Crippen LogP contribution in [0.15, 0.2) is 24.3 Å². The van der Waals surface area contributed by atoms with Crippen molar-refractivity contribution in [2.75, 3.05) is 13.2 Å². The van der Waals surface area contributed by atoms with Gasteiger partial charge in [0, 0.05) is 6.54 Å². The summed E-state index contributed by atoms with van der Waals surface area (Å²) in [6.07, 6.45) is 4.51. The molecule has 1 aromatic carbocycles. The highest BCUT2D eigenvalue weighted by Crippen LogP contribution is 2.26. The largest absolute Gasteiger partial charge is 0.479 e. The summed E-state index contributed by atoms with van der Waals surface area (Å²) < 4.78 is 11.8. The number of para-hydroxylation sites is 1. The molecule has 0 saturated heterocycles. The number of nitriles is 1. The third-order valence-electron chi connectivity index (χ3n) is 4.89. The summed E-state index contributed by atoms with van der Waals surface area (Å²) in [5.41, 5.74) is 0.431. The minimum absolute atomic E-state index is 0.0129. The summed E-state index contributed by atoms with van der Waals surface area (Å²) in [6.45, 7) is 7.07. The van der Waals surface area contributed by atoms with E-state index in [1.54, 1.807) is 24.3 Å². The highest BCUT2D eigenvalue weighted by Gasteiger charge is 2.25. The van der Waals surface area contributed by atoms with Gasteiger partial charge in [-0.15, -0.1) is 0 Å². The smallest absolute Gasteiger partial charge is 0.261 e. The fraction of sp³-hybridized carbons (Fsp3) is 0.619. The molecule has 1 N–H and O–H groups in total. The van der Waals surface area contributed by atoms with Gasteiger partial charge in [-0.25, -0.2) is 0 Å². The number of amides is 1. The Morgan fingerprint density at radius 2 is 2.04 bits per heavy atom. The van der Waals surface area contributed by atoms with Crippen LogP contribution in [-0.4, -0.2) is 31.3 Å². The SMILES string of the molecule is CC(C)C(Oc1ccccc1C#N)C(=O)NCCOC1CCCCC1C. The number of carbonyl (C=O) groups is 1. The first kappa shape index (κ1) is 20.3. The van der Waals surface area contributed by atoms with Gasteiger partial charge in [0.05, 0.1) is 18.3 Å². The molecule has 1 fully saturated rings. The lowest BCUT2D eigenvalue weighted by Crippen LogP contribution is -2.43. The Bertz CT molecular complexity index is 624. The van der Waals surface area contributed by atoms with E-state index in [1.165, 1.54) is 19.3 Å². The van der Waals surface area contributed by atoms with Crippen molar-refractivity contribution < 1.29 is 14.3 Å². The molecule has 5 heteroatoms. The fourth-order valence-electron chi connectivity index (χ4n) is 3.31. The summed E-state index contributed by atoms with van der Waals surface area (Å²) in [7, 11) is 0. The third-order valence-corrected chi connectivity index (χ3v) is 4.89. The van der Waals surface area contributed by atoms with Gasteiger partial charge >= 0.3 is 0 Å². The Labute approximate surface area is 156 Å². The maximum Gasteiger partial charge on any atom is 0.261 e. The van der Waals surface area contributed by atoms with Gasteiger partial charge in [0.1, 0.15) is 11.8 Å². The topological polar surface area (TPSA) is 71.3 Å². The van der Waals surface area contributed by atoms with Crippen molar-refractivity contribution >= 4 is 5.91 Å². The van der Waals surface area contributed by atoms with Gasteiger partial charge in [0.15, 0.2) is 6.10 Å². The van der Waals surface area contributed by atoms with E-state index in [0.29, 0.717) is 36.5 Å². The number of nitrogens with one attached hydrogen (secondary N) is 1.